The first kappa shape index (κ1) is 9.63. The molecule has 0 atom stereocenters. The van der Waals surface area contributed by atoms with Gasteiger partial charge in [-0.1, -0.05) is 13.8 Å². The topological polar surface area (TPSA) is 29.1 Å². The van der Waals surface area contributed by atoms with Crippen molar-refractivity contribution in [3.05, 3.63) is 0 Å². The molecule has 0 aliphatic heterocycles. The van der Waals surface area contributed by atoms with Crippen LogP contribution in [-0.2, 0) is 4.79 Å². The van der Waals surface area contributed by atoms with Gasteiger partial charge in [0.1, 0.15) is 5.78 Å². The fraction of sp³-hybridized carbons (Fsp3) is 0.875. The molecule has 1 saturated carbocycles. The summed E-state index contributed by atoms with van der Waals surface area (Å²) in [5.41, 5.74) is 0. The summed E-state index contributed by atoms with van der Waals surface area (Å²) < 4.78 is 0. The van der Waals surface area contributed by atoms with Gasteiger partial charge < -0.3 is 5.32 Å². The summed E-state index contributed by atoms with van der Waals surface area (Å²) in [5.74, 6) is 0.233. The first-order chi connectivity index (χ1) is 4.79. The van der Waals surface area contributed by atoms with E-state index in [4.69, 9.17) is 0 Å². The van der Waals surface area contributed by atoms with Crippen molar-refractivity contribution in [3.63, 3.8) is 0 Å². The van der Waals surface area contributed by atoms with Crippen LogP contribution in [0.3, 0.4) is 0 Å². The van der Waals surface area contributed by atoms with E-state index in [0.717, 1.165) is 0 Å². The molecule has 2 heteroatoms. The van der Waals surface area contributed by atoms with Crippen LogP contribution in [0.1, 0.15) is 33.6 Å². The van der Waals surface area contributed by atoms with Gasteiger partial charge in [0.15, 0.2) is 0 Å². The third kappa shape index (κ3) is 5.76. The molecule has 0 unspecified atom stereocenters. The number of ketones is 1. The maximum Gasteiger partial charge on any atom is 0.143 e. The minimum atomic E-state index is 0.233. The third-order valence-electron chi connectivity index (χ3n) is 1.22. The fourth-order valence-corrected chi connectivity index (χ4v) is 0.576. The molecule has 0 saturated heterocycles. The molecule has 2 nitrogen and oxygen atoms in total. The molecule has 1 aliphatic rings. The van der Waals surface area contributed by atoms with Crippen molar-refractivity contribution < 1.29 is 4.79 Å². The molecule has 0 aromatic heterocycles. The molecule has 1 aliphatic carbocycles. The summed E-state index contributed by atoms with van der Waals surface area (Å²) in [7, 11) is 0. The summed E-state index contributed by atoms with van der Waals surface area (Å²) in [4.78, 5) is 10.3. The zero-order chi connectivity index (χ0) is 7.98. The normalized spacial score (nSPS) is 15.5. The van der Waals surface area contributed by atoms with Crippen molar-refractivity contribution in [2.45, 2.75) is 39.7 Å². The highest BCUT2D eigenvalue weighted by molar-refractivity contribution is 5.77. The van der Waals surface area contributed by atoms with Gasteiger partial charge in [-0.25, -0.2) is 0 Å². The van der Waals surface area contributed by atoms with E-state index in [9.17, 15) is 4.79 Å². The summed E-state index contributed by atoms with van der Waals surface area (Å²) in [6.45, 7) is 6.17. The molecule has 0 amide bonds. The largest absolute Gasteiger partial charge is 0.307 e. The van der Waals surface area contributed by atoms with Gasteiger partial charge in [-0.3, -0.25) is 4.79 Å². The standard InChI is InChI=1S/C6H11NO.C2H6/c1-5(8)4-7-6-2-3-6;1-2/h6-7H,2-4H2,1H3;1-2H3. The molecule has 0 spiro atoms. The van der Waals surface area contributed by atoms with E-state index in [1.165, 1.54) is 12.8 Å². The monoisotopic (exact) mass is 143 g/mol. The van der Waals surface area contributed by atoms with Crippen molar-refractivity contribution >= 4 is 5.78 Å². The van der Waals surface area contributed by atoms with E-state index in [1.54, 1.807) is 6.92 Å². The van der Waals surface area contributed by atoms with Crippen molar-refractivity contribution in [3.8, 4) is 0 Å². The Hall–Kier alpha value is -0.370. The van der Waals surface area contributed by atoms with Crippen molar-refractivity contribution in [1.82, 2.24) is 5.32 Å². The van der Waals surface area contributed by atoms with Crippen molar-refractivity contribution in [2.24, 2.45) is 0 Å². The molecule has 10 heavy (non-hydrogen) atoms. The Labute approximate surface area is 63.0 Å². The van der Waals surface area contributed by atoms with Crippen LogP contribution in [-0.4, -0.2) is 18.4 Å². The second-order valence-corrected chi connectivity index (χ2v) is 2.36. The highest BCUT2D eigenvalue weighted by atomic mass is 16.1. The molecule has 0 aromatic rings. The number of hydrogen-bond acceptors (Lipinski definition) is 2. The predicted octanol–water partition coefficient (Wildman–Crippen LogP) is 1.35. The van der Waals surface area contributed by atoms with Crippen molar-refractivity contribution in [1.29, 1.82) is 0 Å². The van der Waals surface area contributed by atoms with E-state index in [0.29, 0.717) is 12.6 Å². The first-order valence-corrected chi connectivity index (χ1v) is 4.02. The lowest BCUT2D eigenvalue weighted by molar-refractivity contribution is -0.116. The zero-order valence-corrected chi connectivity index (χ0v) is 7.11. The third-order valence-corrected chi connectivity index (χ3v) is 1.22. The summed E-state index contributed by atoms with van der Waals surface area (Å²) >= 11 is 0. The van der Waals surface area contributed by atoms with E-state index in [2.05, 4.69) is 5.32 Å². The Balaban J connectivity index is 0.000000371. The highest BCUT2D eigenvalue weighted by Crippen LogP contribution is 2.17. The van der Waals surface area contributed by atoms with E-state index >= 15 is 0 Å². The molecule has 1 rings (SSSR count). The van der Waals surface area contributed by atoms with Crippen LogP contribution < -0.4 is 5.32 Å². The molecule has 0 heterocycles. The van der Waals surface area contributed by atoms with Crippen LogP contribution >= 0.6 is 0 Å². The second kappa shape index (κ2) is 5.42. The summed E-state index contributed by atoms with van der Waals surface area (Å²) in [6.07, 6.45) is 2.51. The second-order valence-electron chi connectivity index (χ2n) is 2.36. The zero-order valence-electron chi connectivity index (χ0n) is 7.11. The van der Waals surface area contributed by atoms with Gasteiger partial charge in [-0.15, -0.1) is 0 Å². The quantitative estimate of drug-likeness (QED) is 0.646. The van der Waals surface area contributed by atoms with E-state index in [1.807, 2.05) is 13.8 Å². The molecule has 1 fully saturated rings. The Bertz CT molecular complexity index is 97.4. The summed E-state index contributed by atoms with van der Waals surface area (Å²) in [5, 5.41) is 3.11. The van der Waals surface area contributed by atoms with Gasteiger partial charge in [-0.2, -0.15) is 0 Å². The average Bonchev–Trinajstić information content (AvgIpc) is 2.70. The van der Waals surface area contributed by atoms with E-state index < -0.39 is 0 Å². The maximum atomic E-state index is 10.3. The molecule has 0 aromatic carbocycles. The van der Waals surface area contributed by atoms with Crippen LogP contribution in [0.5, 0.6) is 0 Å². The SMILES string of the molecule is CC.CC(=O)CNC1CC1. The van der Waals surface area contributed by atoms with Gasteiger partial charge in [-0.05, 0) is 19.8 Å². The molecule has 60 valence electrons. The first-order valence-electron chi connectivity index (χ1n) is 4.02. The fourth-order valence-electron chi connectivity index (χ4n) is 0.576. The smallest absolute Gasteiger partial charge is 0.143 e. The lowest BCUT2D eigenvalue weighted by atomic mass is 10.4. The van der Waals surface area contributed by atoms with Gasteiger partial charge in [0.05, 0.1) is 6.54 Å². The van der Waals surface area contributed by atoms with Gasteiger partial charge in [0.25, 0.3) is 0 Å². The van der Waals surface area contributed by atoms with Gasteiger partial charge in [0.2, 0.25) is 0 Å². The minimum absolute atomic E-state index is 0.233. The maximum absolute atomic E-state index is 10.3. The minimum Gasteiger partial charge on any atom is -0.307 e. The van der Waals surface area contributed by atoms with Crippen LogP contribution in [0.4, 0.5) is 0 Å². The lowest BCUT2D eigenvalue weighted by Crippen LogP contribution is -2.22. The predicted molar refractivity (Wildman–Crippen MR) is 43.1 cm³/mol. The van der Waals surface area contributed by atoms with Crippen LogP contribution in [0.15, 0.2) is 0 Å². The molecular weight excluding hydrogens is 126 g/mol. The van der Waals surface area contributed by atoms with Crippen molar-refractivity contribution in [2.75, 3.05) is 6.54 Å². The Morgan fingerprint density at radius 1 is 1.50 bits per heavy atom. The van der Waals surface area contributed by atoms with Crippen LogP contribution in [0, 0.1) is 0 Å². The van der Waals surface area contributed by atoms with Crippen LogP contribution in [0.25, 0.3) is 0 Å². The number of Topliss-reactive ketones (excluding diaryl/α,β-unsaturated/α-hetero) is 1. The number of nitrogens with one attached hydrogen (secondary N) is 1. The lowest BCUT2D eigenvalue weighted by Gasteiger charge is -1.94. The summed E-state index contributed by atoms with van der Waals surface area (Å²) in [6, 6.07) is 0.666. The number of carbonyl (C=O) groups is 1. The highest BCUT2D eigenvalue weighted by Gasteiger charge is 2.19. The molecular formula is C8H17NO. The van der Waals surface area contributed by atoms with Gasteiger partial charge >= 0.3 is 0 Å². The molecule has 0 radical (unpaired) electrons. The Kier molecular flexibility index (Phi) is 5.22. The molecule has 0 bridgehead atoms. The average molecular weight is 143 g/mol. The number of rotatable bonds is 3. The number of carbonyl (C=O) groups excluding carboxylic acids is 1. The number of hydrogen-bond donors (Lipinski definition) is 1. The Morgan fingerprint density at radius 3 is 2.30 bits per heavy atom. The Morgan fingerprint density at radius 2 is 2.00 bits per heavy atom. The van der Waals surface area contributed by atoms with Gasteiger partial charge in [0, 0.05) is 6.04 Å². The van der Waals surface area contributed by atoms with Crippen LogP contribution in [0.2, 0.25) is 0 Å². The molecule has 1 N–H and O–H groups in total. The van der Waals surface area contributed by atoms with E-state index in [-0.39, 0.29) is 5.78 Å².